The Morgan fingerprint density at radius 2 is 1.58 bits per heavy atom. The largest absolute Gasteiger partial charge is 0.490 e. The summed E-state index contributed by atoms with van der Waals surface area (Å²) in [7, 11) is -17.0. The zero-order valence-corrected chi connectivity index (χ0v) is 24.1. The second-order valence-electron chi connectivity index (χ2n) is 8.76. The molecule has 6 atom stereocenters. The Kier molecular flexibility index (Phi) is 10.0. The molecule has 0 spiro atoms. The van der Waals surface area contributed by atoms with Gasteiger partial charge in [0.25, 0.3) is 5.56 Å². The molecule has 0 bridgehead atoms. The number of rotatable bonds is 12. The van der Waals surface area contributed by atoms with Crippen LogP contribution in [0.4, 0.5) is 0 Å². The summed E-state index contributed by atoms with van der Waals surface area (Å²) in [6, 6.07) is 12.8. The van der Waals surface area contributed by atoms with Crippen LogP contribution in [0, 0.1) is 0 Å². The van der Waals surface area contributed by atoms with Crippen molar-refractivity contribution >= 4 is 23.5 Å². The van der Waals surface area contributed by atoms with Crippen LogP contribution < -0.4 is 16.0 Å². The third kappa shape index (κ3) is 8.84. The van der Waals surface area contributed by atoms with Crippen LogP contribution >= 0.6 is 23.5 Å². The van der Waals surface area contributed by atoms with Crippen molar-refractivity contribution < 1.29 is 66.1 Å². The molecular formula is C21H24N3O16P3. The summed E-state index contributed by atoms with van der Waals surface area (Å²) < 4.78 is 58.5. The highest BCUT2D eigenvalue weighted by atomic mass is 31.3. The number of hydrogen-bond acceptors (Lipinski definition) is 13. The van der Waals surface area contributed by atoms with E-state index in [0.717, 1.165) is 21.4 Å². The van der Waals surface area contributed by atoms with Crippen molar-refractivity contribution in [2.75, 3.05) is 6.61 Å². The van der Waals surface area contributed by atoms with Gasteiger partial charge in [0.1, 0.15) is 29.8 Å². The van der Waals surface area contributed by atoms with E-state index < -0.39 is 65.9 Å². The summed E-state index contributed by atoms with van der Waals surface area (Å²) in [5, 5.41) is 20.9. The highest BCUT2D eigenvalue weighted by molar-refractivity contribution is 7.66. The maximum absolute atomic E-state index is 13.2. The highest BCUT2D eigenvalue weighted by Crippen LogP contribution is 2.66. The van der Waals surface area contributed by atoms with Crippen molar-refractivity contribution in [3.63, 3.8) is 0 Å². The number of pyridine rings is 1. The second kappa shape index (κ2) is 13.0. The van der Waals surface area contributed by atoms with Gasteiger partial charge in [-0.15, -0.1) is 0 Å². The topological polar surface area (TPSA) is 276 Å². The lowest BCUT2D eigenvalue weighted by atomic mass is 10.1. The van der Waals surface area contributed by atoms with E-state index in [9.17, 15) is 43.3 Å². The van der Waals surface area contributed by atoms with Crippen LogP contribution in [0.15, 0.2) is 70.5 Å². The predicted octanol–water partition coefficient (Wildman–Crippen LogP) is 0.208. The molecular weight excluding hydrogens is 643 g/mol. The number of benzene rings is 1. The van der Waals surface area contributed by atoms with Crippen LogP contribution in [0.5, 0.6) is 11.5 Å². The third-order valence-electron chi connectivity index (χ3n) is 5.61. The molecule has 1 aliphatic heterocycles. The van der Waals surface area contributed by atoms with Crippen LogP contribution in [0.2, 0.25) is 0 Å². The average Bonchev–Trinajstić information content (AvgIpc) is 3.17. The number of aromatic nitrogens is 3. The van der Waals surface area contributed by atoms with Crippen molar-refractivity contribution in [1.82, 2.24) is 14.1 Å². The molecule has 2 aromatic heterocycles. The Labute approximate surface area is 240 Å². The molecule has 1 saturated heterocycles. The first-order valence-electron chi connectivity index (χ1n) is 11.8. The van der Waals surface area contributed by atoms with Gasteiger partial charge >= 0.3 is 29.2 Å². The van der Waals surface area contributed by atoms with E-state index >= 15 is 0 Å². The van der Waals surface area contributed by atoms with Crippen molar-refractivity contribution in [2.45, 2.75) is 31.1 Å². The maximum Gasteiger partial charge on any atom is 0.490 e. The fourth-order valence-corrected chi connectivity index (χ4v) is 6.86. The zero-order valence-electron chi connectivity index (χ0n) is 21.4. The van der Waals surface area contributed by atoms with Gasteiger partial charge in [0, 0.05) is 24.5 Å². The molecule has 3 aromatic rings. The fourth-order valence-electron chi connectivity index (χ4n) is 3.83. The quantitative estimate of drug-likeness (QED) is 0.141. The lowest BCUT2D eigenvalue weighted by molar-refractivity contribution is -0.0547. The molecule has 6 N–H and O–H groups in total. The monoisotopic (exact) mass is 667 g/mol. The van der Waals surface area contributed by atoms with E-state index in [1.807, 2.05) is 0 Å². The van der Waals surface area contributed by atoms with Crippen molar-refractivity contribution in [2.24, 2.45) is 0 Å². The lowest BCUT2D eigenvalue weighted by Crippen LogP contribution is -2.43. The molecule has 19 nitrogen and oxygen atoms in total. The van der Waals surface area contributed by atoms with E-state index in [0.29, 0.717) is 11.5 Å². The standard InChI is InChI=1S/C21H24N3O16P3/c25-17-7-9-23(21(28)24(17)11-13-10-15(6-8-22-13)37-14-4-2-1-3-5-14)20-19(27)18(26)16(38-20)12-36-42(32,33)40-43(34,35)39-41(29,30)31/h1-10,16,18-20,26-27H,11-12H2,(H,32,33)(H,34,35)(H2,29,30,31)/t16-,18?,19?,20-/m1/s1. The van der Waals surface area contributed by atoms with Crippen LogP contribution in [0.25, 0.3) is 0 Å². The summed E-state index contributed by atoms with van der Waals surface area (Å²) in [5.74, 6) is 0.907. The van der Waals surface area contributed by atoms with Gasteiger partial charge in [0.2, 0.25) is 0 Å². The average molecular weight is 667 g/mol. The lowest BCUT2D eigenvalue weighted by Gasteiger charge is -2.19. The molecule has 0 amide bonds. The molecule has 43 heavy (non-hydrogen) atoms. The molecule has 4 unspecified atom stereocenters. The zero-order chi connectivity index (χ0) is 31.6. The SMILES string of the molecule is O=c1ccn([C@@H]2O[C@H](COP(=O)(O)OP(=O)(O)OP(=O)(O)O)C(O)C2O)c(=O)n1Cc1cc(Oc2ccccc2)ccn1. The minimum atomic E-state index is -5.80. The maximum atomic E-state index is 13.2. The van der Waals surface area contributed by atoms with E-state index in [1.54, 1.807) is 36.4 Å². The smallest absolute Gasteiger partial charge is 0.457 e. The third-order valence-corrected chi connectivity index (χ3v) is 9.41. The highest BCUT2D eigenvalue weighted by Gasteiger charge is 2.47. The number of phosphoric ester groups is 1. The molecule has 1 aliphatic rings. The number of phosphoric acid groups is 3. The van der Waals surface area contributed by atoms with Crippen LogP contribution in [-0.2, 0) is 38.1 Å². The van der Waals surface area contributed by atoms with Crippen molar-refractivity contribution in [1.29, 1.82) is 0 Å². The fraction of sp³-hybridized carbons (Fsp3) is 0.286. The van der Waals surface area contributed by atoms with E-state index in [4.69, 9.17) is 19.3 Å². The number of para-hydroxylation sites is 1. The number of aliphatic hydroxyl groups excluding tert-OH is 2. The Hall–Kier alpha value is -2.86. The molecule has 0 aliphatic carbocycles. The molecule has 234 valence electrons. The van der Waals surface area contributed by atoms with E-state index in [-0.39, 0.29) is 12.2 Å². The Morgan fingerprint density at radius 1 is 0.884 bits per heavy atom. The van der Waals surface area contributed by atoms with Gasteiger partial charge < -0.3 is 39.3 Å². The summed E-state index contributed by atoms with van der Waals surface area (Å²) in [6.45, 7) is -1.42. The van der Waals surface area contributed by atoms with E-state index in [2.05, 4.69) is 18.1 Å². The Morgan fingerprint density at radius 3 is 2.26 bits per heavy atom. The van der Waals surface area contributed by atoms with Gasteiger partial charge in [-0.3, -0.25) is 23.4 Å². The first-order chi connectivity index (χ1) is 20.0. The second-order valence-corrected chi connectivity index (χ2v) is 13.2. The van der Waals surface area contributed by atoms with Gasteiger partial charge in [0.15, 0.2) is 6.23 Å². The van der Waals surface area contributed by atoms with Gasteiger partial charge in [-0.2, -0.15) is 8.62 Å². The number of hydrogen-bond donors (Lipinski definition) is 6. The Bertz CT molecular complexity index is 1710. The van der Waals surface area contributed by atoms with Crippen LogP contribution in [-0.4, -0.2) is 68.8 Å². The minimum Gasteiger partial charge on any atom is -0.457 e. The predicted molar refractivity (Wildman–Crippen MR) is 141 cm³/mol. The summed E-state index contributed by atoms with van der Waals surface area (Å²) >= 11 is 0. The molecule has 1 fully saturated rings. The minimum absolute atomic E-state index is 0.257. The van der Waals surface area contributed by atoms with Crippen LogP contribution in [0.1, 0.15) is 11.9 Å². The van der Waals surface area contributed by atoms with E-state index in [1.165, 1.54) is 12.3 Å². The summed E-state index contributed by atoms with van der Waals surface area (Å²) in [4.78, 5) is 66.0. The first-order valence-corrected chi connectivity index (χ1v) is 16.4. The number of aliphatic hydroxyl groups is 2. The molecule has 3 heterocycles. The van der Waals surface area contributed by atoms with Gasteiger partial charge in [-0.25, -0.2) is 18.5 Å². The van der Waals surface area contributed by atoms with Gasteiger partial charge in [-0.05, 0) is 18.2 Å². The number of nitrogens with zero attached hydrogens (tertiary/aromatic N) is 3. The Balaban J connectivity index is 1.48. The summed E-state index contributed by atoms with van der Waals surface area (Å²) in [5.41, 5.74) is -1.48. The van der Waals surface area contributed by atoms with Crippen LogP contribution in [0.3, 0.4) is 0 Å². The first kappa shape index (κ1) is 33.0. The van der Waals surface area contributed by atoms with Gasteiger partial charge in [-0.1, -0.05) is 18.2 Å². The molecule has 0 radical (unpaired) electrons. The van der Waals surface area contributed by atoms with Crippen molar-refractivity contribution in [3.8, 4) is 11.5 Å². The number of ether oxygens (including phenoxy) is 2. The normalized spacial score (nSPS) is 23.4. The molecule has 1 aromatic carbocycles. The molecule has 22 heteroatoms. The molecule has 0 saturated carbocycles. The van der Waals surface area contributed by atoms with Crippen molar-refractivity contribution in [3.05, 3.63) is 87.5 Å². The van der Waals surface area contributed by atoms with Gasteiger partial charge in [0.05, 0.1) is 18.8 Å². The molecule has 4 rings (SSSR count). The summed E-state index contributed by atoms with van der Waals surface area (Å²) in [6.07, 6.45) is -4.62.